The summed E-state index contributed by atoms with van der Waals surface area (Å²) in [6.07, 6.45) is 3.95. The van der Waals surface area contributed by atoms with Crippen molar-refractivity contribution in [2.75, 3.05) is 0 Å². The van der Waals surface area contributed by atoms with Crippen molar-refractivity contribution in [2.24, 2.45) is 0 Å². The largest absolute Gasteiger partial charge is 0.347 e. The van der Waals surface area contributed by atoms with E-state index in [0.29, 0.717) is 6.54 Å². The van der Waals surface area contributed by atoms with Gasteiger partial charge in [0.15, 0.2) is 0 Å². The van der Waals surface area contributed by atoms with Gasteiger partial charge in [-0.3, -0.25) is 4.79 Å². The molecule has 0 bridgehead atoms. The monoisotopic (exact) mass is 358 g/mol. The van der Waals surface area contributed by atoms with E-state index in [1.54, 1.807) is 0 Å². The molecule has 2 heterocycles. The summed E-state index contributed by atoms with van der Waals surface area (Å²) in [5, 5.41) is 5.10. The Morgan fingerprint density at radius 2 is 1.54 bits per heavy atom. The van der Waals surface area contributed by atoms with E-state index in [9.17, 15) is 4.79 Å². The van der Waals surface area contributed by atoms with Gasteiger partial charge in [-0.15, -0.1) is 11.3 Å². The molecule has 0 aliphatic heterocycles. The summed E-state index contributed by atoms with van der Waals surface area (Å²) in [7, 11) is 0. The number of benzene rings is 2. The Kier molecular flexibility index (Phi) is 4.67. The maximum Gasteiger partial charge on any atom is 0.263 e. The summed E-state index contributed by atoms with van der Waals surface area (Å²) in [5.41, 5.74) is 4.19. The van der Waals surface area contributed by atoms with Gasteiger partial charge in [0.1, 0.15) is 4.88 Å². The van der Waals surface area contributed by atoms with E-state index in [1.165, 1.54) is 11.3 Å². The average Bonchev–Trinajstić information content (AvgIpc) is 3.37. The molecule has 0 saturated heterocycles. The Hall–Kier alpha value is -3.11. The van der Waals surface area contributed by atoms with E-state index in [4.69, 9.17) is 0 Å². The van der Waals surface area contributed by atoms with Crippen LogP contribution in [0, 0.1) is 0 Å². The van der Waals surface area contributed by atoms with E-state index in [1.807, 2.05) is 77.6 Å². The van der Waals surface area contributed by atoms with Gasteiger partial charge in [-0.05, 0) is 23.3 Å². The molecule has 0 saturated carbocycles. The third kappa shape index (κ3) is 3.32. The van der Waals surface area contributed by atoms with Gasteiger partial charge in [-0.2, -0.15) is 0 Å². The van der Waals surface area contributed by atoms with Crippen molar-refractivity contribution in [3.63, 3.8) is 0 Å². The molecule has 0 spiro atoms. The van der Waals surface area contributed by atoms with Crippen molar-refractivity contribution < 1.29 is 4.79 Å². The zero-order valence-corrected chi connectivity index (χ0v) is 14.9. The predicted octanol–water partition coefficient (Wildman–Crippen LogP) is 5.14. The van der Waals surface area contributed by atoms with E-state index in [2.05, 4.69) is 22.8 Å². The molecule has 0 atom stereocenters. The minimum Gasteiger partial charge on any atom is -0.347 e. The highest BCUT2D eigenvalue weighted by molar-refractivity contribution is 7.13. The fourth-order valence-corrected chi connectivity index (χ4v) is 3.92. The van der Waals surface area contributed by atoms with Crippen LogP contribution in [0.5, 0.6) is 0 Å². The third-order valence-electron chi connectivity index (χ3n) is 4.21. The number of amides is 1. The molecule has 4 rings (SSSR count). The number of thiophene rings is 1. The average molecular weight is 358 g/mol. The highest BCUT2D eigenvalue weighted by atomic mass is 32.1. The summed E-state index contributed by atoms with van der Waals surface area (Å²) in [4.78, 5) is 13.6. The van der Waals surface area contributed by atoms with Crippen LogP contribution >= 0.6 is 11.3 Å². The zero-order valence-electron chi connectivity index (χ0n) is 14.1. The fourth-order valence-electron chi connectivity index (χ4n) is 2.93. The van der Waals surface area contributed by atoms with Gasteiger partial charge in [0, 0.05) is 29.9 Å². The standard InChI is InChI=1S/C22H18N2OS/c25-22(23-15-17-9-3-1-4-10-17)21-20(24-13-7-8-14-24)19(16-26-21)18-11-5-2-6-12-18/h1-14,16H,15H2,(H,23,25). The first-order valence-electron chi connectivity index (χ1n) is 8.45. The summed E-state index contributed by atoms with van der Waals surface area (Å²) < 4.78 is 2.01. The third-order valence-corrected chi connectivity index (χ3v) is 5.18. The van der Waals surface area contributed by atoms with Crippen molar-refractivity contribution in [3.8, 4) is 16.8 Å². The fraction of sp³-hybridized carbons (Fsp3) is 0.0455. The van der Waals surface area contributed by atoms with Gasteiger partial charge in [-0.1, -0.05) is 60.7 Å². The first kappa shape index (κ1) is 16.4. The van der Waals surface area contributed by atoms with E-state index >= 15 is 0 Å². The summed E-state index contributed by atoms with van der Waals surface area (Å²) in [6.45, 7) is 0.517. The highest BCUT2D eigenvalue weighted by Crippen LogP contribution is 2.34. The normalized spacial score (nSPS) is 10.6. The molecule has 128 valence electrons. The number of rotatable bonds is 5. The molecule has 1 N–H and O–H groups in total. The second-order valence-electron chi connectivity index (χ2n) is 5.95. The first-order chi connectivity index (χ1) is 12.8. The highest BCUT2D eigenvalue weighted by Gasteiger charge is 2.20. The van der Waals surface area contributed by atoms with Crippen LogP contribution in [0.2, 0.25) is 0 Å². The van der Waals surface area contributed by atoms with Gasteiger partial charge >= 0.3 is 0 Å². The van der Waals surface area contributed by atoms with Gasteiger partial charge in [-0.25, -0.2) is 0 Å². The van der Waals surface area contributed by atoms with Crippen molar-refractivity contribution in [3.05, 3.63) is 101 Å². The molecule has 2 aromatic carbocycles. The van der Waals surface area contributed by atoms with E-state index in [-0.39, 0.29) is 5.91 Å². The summed E-state index contributed by atoms with van der Waals surface area (Å²) in [5.74, 6) is -0.0512. The van der Waals surface area contributed by atoms with Crippen LogP contribution < -0.4 is 5.32 Å². The van der Waals surface area contributed by atoms with Crippen molar-refractivity contribution >= 4 is 17.2 Å². The van der Waals surface area contributed by atoms with E-state index < -0.39 is 0 Å². The Bertz CT molecular complexity index is 989. The lowest BCUT2D eigenvalue weighted by atomic mass is 10.1. The smallest absolute Gasteiger partial charge is 0.263 e. The second-order valence-corrected chi connectivity index (χ2v) is 6.83. The molecule has 0 radical (unpaired) electrons. The van der Waals surface area contributed by atoms with Gasteiger partial charge in [0.05, 0.1) is 5.69 Å². The minimum absolute atomic E-state index is 0.0512. The molecule has 1 amide bonds. The molecule has 3 nitrogen and oxygen atoms in total. The number of nitrogens with one attached hydrogen (secondary N) is 1. The van der Waals surface area contributed by atoms with Crippen molar-refractivity contribution in [2.45, 2.75) is 6.54 Å². The molecule has 0 aliphatic rings. The summed E-state index contributed by atoms with van der Waals surface area (Å²) in [6, 6.07) is 24.1. The lowest BCUT2D eigenvalue weighted by molar-refractivity contribution is 0.0955. The maximum atomic E-state index is 12.9. The number of nitrogens with zero attached hydrogens (tertiary/aromatic N) is 1. The van der Waals surface area contributed by atoms with Crippen LogP contribution in [-0.4, -0.2) is 10.5 Å². The summed E-state index contributed by atoms with van der Waals surface area (Å²) >= 11 is 1.48. The predicted molar refractivity (Wildman–Crippen MR) is 107 cm³/mol. The van der Waals surface area contributed by atoms with Crippen LogP contribution in [0.25, 0.3) is 16.8 Å². The van der Waals surface area contributed by atoms with Crippen LogP contribution in [0.15, 0.2) is 90.6 Å². The van der Waals surface area contributed by atoms with Crippen LogP contribution in [0.4, 0.5) is 0 Å². The second kappa shape index (κ2) is 7.42. The van der Waals surface area contributed by atoms with E-state index in [0.717, 1.165) is 27.3 Å². The molecular weight excluding hydrogens is 340 g/mol. The first-order valence-corrected chi connectivity index (χ1v) is 9.33. The Labute approximate surface area is 156 Å². The molecule has 0 unspecified atom stereocenters. The lowest BCUT2D eigenvalue weighted by Crippen LogP contribution is -2.23. The topological polar surface area (TPSA) is 34.0 Å². The molecule has 0 aliphatic carbocycles. The molecule has 4 heteroatoms. The Morgan fingerprint density at radius 3 is 2.23 bits per heavy atom. The molecule has 26 heavy (non-hydrogen) atoms. The van der Waals surface area contributed by atoms with Gasteiger partial charge in [0.2, 0.25) is 0 Å². The van der Waals surface area contributed by atoms with Gasteiger partial charge in [0.25, 0.3) is 5.91 Å². The van der Waals surface area contributed by atoms with Gasteiger partial charge < -0.3 is 9.88 Å². The molecule has 0 fully saturated rings. The SMILES string of the molecule is O=C(NCc1ccccc1)c1scc(-c2ccccc2)c1-n1cccc1. The maximum absolute atomic E-state index is 12.9. The lowest BCUT2D eigenvalue weighted by Gasteiger charge is -2.10. The Morgan fingerprint density at radius 1 is 0.885 bits per heavy atom. The zero-order chi connectivity index (χ0) is 17.8. The number of hydrogen-bond donors (Lipinski definition) is 1. The molecule has 2 aromatic heterocycles. The number of hydrogen-bond acceptors (Lipinski definition) is 2. The van der Waals surface area contributed by atoms with Crippen molar-refractivity contribution in [1.82, 2.24) is 9.88 Å². The number of carbonyl (C=O) groups excluding carboxylic acids is 1. The minimum atomic E-state index is -0.0512. The quantitative estimate of drug-likeness (QED) is 0.527. The Balaban J connectivity index is 1.68. The number of aromatic nitrogens is 1. The van der Waals surface area contributed by atoms with Crippen molar-refractivity contribution in [1.29, 1.82) is 0 Å². The van der Waals surface area contributed by atoms with Crippen LogP contribution in [-0.2, 0) is 6.54 Å². The molecule has 4 aromatic rings. The number of carbonyl (C=O) groups is 1. The van der Waals surface area contributed by atoms with Crippen LogP contribution in [0.1, 0.15) is 15.2 Å². The molecular formula is C22H18N2OS. The van der Waals surface area contributed by atoms with Crippen LogP contribution in [0.3, 0.4) is 0 Å².